The molecule has 0 amide bonds. The number of aryl methyl sites for hydroxylation is 9. The van der Waals surface area contributed by atoms with Crippen molar-refractivity contribution in [3.63, 3.8) is 0 Å². The minimum absolute atomic E-state index is 0.577. The number of hydrogen-bond donors (Lipinski definition) is 0. The summed E-state index contributed by atoms with van der Waals surface area (Å²) in [5, 5.41) is 16.1. The molecule has 12 heteroatoms. The molecule has 0 N–H and O–H groups in total. The van der Waals surface area contributed by atoms with E-state index in [1.165, 1.54) is 33.4 Å². The Morgan fingerprint density at radius 2 is 0.741 bits per heavy atom. The van der Waals surface area contributed by atoms with Crippen LogP contribution in [0, 0.1) is 62.3 Å². The van der Waals surface area contributed by atoms with Crippen LogP contribution in [-0.4, -0.2) is 54.9 Å². The summed E-state index contributed by atoms with van der Waals surface area (Å²) in [6, 6.07) is 77.7. The Hall–Kier alpha value is -10.7. The van der Waals surface area contributed by atoms with Crippen molar-refractivity contribution in [2.24, 2.45) is 0 Å². The zero-order valence-electron chi connectivity index (χ0n) is 49.4. The van der Waals surface area contributed by atoms with E-state index in [1.54, 1.807) is 6.92 Å². The second-order valence-electron chi connectivity index (χ2n) is 20.4. The molecule has 5 aromatic heterocycles. The van der Waals surface area contributed by atoms with Crippen LogP contribution in [-0.2, 0) is 0 Å². The number of pyridine rings is 1. The van der Waals surface area contributed by atoms with Crippen molar-refractivity contribution < 1.29 is 4.42 Å². The molecule has 0 aliphatic rings. The van der Waals surface area contributed by atoms with Gasteiger partial charge in [-0.25, -0.2) is 29.9 Å². The third kappa shape index (κ3) is 16.7. The van der Waals surface area contributed by atoms with E-state index in [9.17, 15) is 0 Å². The summed E-state index contributed by atoms with van der Waals surface area (Å²) in [5.74, 6) is 5.91. The molecule has 5 heterocycles. The lowest BCUT2D eigenvalue weighted by Crippen LogP contribution is -1.99. The molecular formula is C73H67N11O. The number of benzene rings is 8. The molecule has 420 valence electrons. The van der Waals surface area contributed by atoms with E-state index < -0.39 is 0 Å². The summed E-state index contributed by atoms with van der Waals surface area (Å²) in [5.41, 5.74) is 18.0. The highest BCUT2D eigenvalue weighted by Crippen LogP contribution is 2.27. The average molecular weight is 1110 g/mol. The van der Waals surface area contributed by atoms with Crippen LogP contribution in [0.1, 0.15) is 51.2 Å². The van der Waals surface area contributed by atoms with Crippen LogP contribution in [0.5, 0.6) is 0 Å². The smallest absolute Gasteiger partial charge is 0.247 e. The summed E-state index contributed by atoms with van der Waals surface area (Å²) in [7, 11) is 0. The molecule has 85 heavy (non-hydrogen) atoms. The predicted molar refractivity (Wildman–Crippen MR) is 342 cm³/mol. The number of nitrogens with zero attached hydrogens (tertiary/aromatic N) is 11. The Bertz CT molecular complexity index is 4030. The number of hydrogen-bond acceptors (Lipinski definition) is 11. The van der Waals surface area contributed by atoms with Gasteiger partial charge < -0.3 is 4.42 Å². The molecule has 0 saturated carbocycles. The SMILES string of the molecule is Cc1cc(-c2ccccc2)nc(-c2ccccc2)c1.Cc1cc(C)cc(-c2cnc(C)nc2)c1.Cc1ccc(-c2nc(C)nc(-c3ccc(C)cc3)n2)cc1.Cc1nnc(-c2ccccc2)n1-c1ccccc1.Cc1nnc(-c2ccccc2)o1. The van der Waals surface area contributed by atoms with Crippen molar-refractivity contribution in [2.45, 2.75) is 62.3 Å². The molecule has 12 nitrogen and oxygen atoms in total. The van der Waals surface area contributed by atoms with E-state index in [2.05, 4.69) is 175 Å². The maximum Gasteiger partial charge on any atom is 0.247 e. The van der Waals surface area contributed by atoms with Crippen LogP contribution in [0.15, 0.2) is 247 Å². The first kappa shape index (κ1) is 58.9. The molecular weight excluding hydrogens is 1050 g/mol. The quantitative estimate of drug-likeness (QED) is 0.143. The first-order valence-electron chi connectivity index (χ1n) is 28.0. The maximum absolute atomic E-state index is 5.25. The Labute approximate surface area is 498 Å². The van der Waals surface area contributed by atoms with Gasteiger partial charge in [-0.05, 0) is 103 Å². The molecule has 0 fully saturated rings. The van der Waals surface area contributed by atoms with Crippen molar-refractivity contribution in [1.82, 2.24) is 54.9 Å². The molecule has 0 unspecified atom stereocenters. The molecule has 0 aliphatic heterocycles. The highest BCUT2D eigenvalue weighted by molar-refractivity contribution is 5.68. The van der Waals surface area contributed by atoms with Crippen LogP contribution < -0.4 is 0 Å². The van der Waals surface area contributed by atoms with E-state index >= 15 is 0 Å². The monoisotopic (exact) mass is 1110 g/mol. The van der Waals surface area contributed by atoms with E-state index in [0.717, 1.165) is 91.0 Å². The molecule has 0 bridgehead atoms. The minimum Gasteiger partial charge on any atom is -0.421 e. The minimum atomic E-state index is 0.577. The van der Waals surface area contributed by atoms with Gasteiger partial charge in [-0.1, -0.05) is 216 Å². The van der Waals surface area contributed by atoms with Crippen LogP contribution in [0.2, 0.25) is 0 Å². The van der Waals surface area contributed by atoms with E-state index in [0.29, 0.717) is 11.8 Å². The average Bonchev–Trinajstić information content (AvgIpc) is 4.41. The molecule has 13 rings (SSSR count). The molecule has 0 saturated heterocycles. The van der Waals surface area contributed by atoms with Crippen molar-refractivity contribution in [2.75, 3.05) is 0 Å². The number of aromatic nitrogens is 11. The van der Waals surface area contributed by atoms with Crippen LogP contribution >= 0.6 is 0 Å². The fraction of sp³-hybridized carbons (Fsp3) is 0.123. The fourth-order valence-corrected chi connectivity index (χ4v) is 9.03. The van der Waals surface area contributed by atoms with Crippen molar-refractivity contribution in [1.29, 1.82) is 0 Å². The Morgan fingerprint density at radius 3 is 1.20 bits per heavy atom. The summed E-state index contributed by atoms with van der Waals surface area (Å²) in [6.07, 6.45) is 3.74. The fourth-order valence-electron chi connectivity index (χ4n) is 9.03. The third-order valence-corrected chi connectivity index (χ3v) is 13.2. The number of rotatable bonds is 8. The van der Waals surface area contributed by atoms with Gasteiger partial charge in [0, 0.05) is 63.9 Å². The second kappa shape index (κ2) is 28.8. The Balaban J connectivity index is 0.000000129. The Kier molecular flexibility index (Phi) is 20.0. The van der Waals surface area contributed by atoms with Crippen LogP contribution in [0.4, 0.5) is 0 Å². The van der Waals surface area contributed by atoms with Gasteiger partial charge in [0.1, 0.15) is 17.5 Å². The van der Waals surface area contributed by atoms with Crippen molar-refractivity contribution in [3.05, 3.63) is 294 Å². The van der Waals surface area contributed by atoms with E-state index in [1.807, 2.05) is 173 Å². The van der Waals surface area contributed by atoms with Gasteiger partial charge in [-0.3, -0.25) is 4.57 Å². The van der Waals surface area contributed by atoms with Crippen molar-refractivity contribution in [3.8, 4) is 84.9 Å². The molecule has 0 radical (unpaired) electrons. The normalized spacial score (nSPS) is 10.4. The van der Waals surface area contributed by atoms with Crippen molar-refractivity contribution >= 4 is 0 Å². The maximum atomic E-state index is 5.25. The zero-order valence-corrected chi connectivity index (χ0v) is 49.4. The molecule has 13 aromatic rings. The lowest BCUT2D eigenvalue weighted by Gasteiger charge is -2.08. The van der Waals surface area contributed by atoms with Gasteiger partial charge in [-0.2, -0.15) is 0 Å². The standard InChI is InChI=1S/C18H17N3.C18H15N.C15H13N3.C13H14N2.C9H8N2O/c1-12-4-8-15(9-5-12)17-19-14(3)20-18(21-17)16-10-6-13(2)7-11-16;1-14-12-17(15-8-4-2-5-9-15)19-18(13-14)16-10-6-3-7-11-16;1-12-16-17-15(13-8-4-2-5-9-13)18(12)14-10-6-3-7-11-14;1-9-4-10(2)6-12(5-9)13-7-14-11(3)15-8-13;1-7-10-11-9(12-7)8-5-3-2-4-6-8/h4-11H,1-3H3;2-13H,1H3;2-11H,1H3;4-8H,1-3H3;2-6H,1H3. The van der Waals surface area contributed by atoms with E-state index in [4.69, 9.17) is 9.40 Å². The third-order valence-electron chi connectivity index (χ3n) is 13.2. The first-order chi connectivity index (χ1) is 41.3. The van der Waals surface area contributed by atoms with Gasteiger partial charge in [0.25, 0.3) is 0 Å². The molecule has 0 aliphatic carbocycles. The second-order valence-corrected chi connectivity index (χ2v) is 20.4. The summed E-state index contributed by atoms with van der Waals surface area (Å²) >= 11 is 0. The summed E-state index contributed by atoms with van der Waals surface area (Å²) in [4.78, 5) is 26.7. The molecule has 0 spiro atoms. The van der Waals surface area contributed by atoms with E-state index in [-0.39, 0.29) is 0 Å². The van der Waals surface area contributed by atoms with Crippen LogP contribution in [0.3, 0.4) is 0 Å². The predicted octanol–water partition coefficient (Wildman–Crippen LogP) is 17.2. The Morgan fingerprint density at radius 1 is 0.306 bits per heavy atom. The lowest BCUT2D eigenvalue weighted by molar-refractivity contribution is 0.533. The van der Waals surface area contributed by atoms with Gasteiger partial charge in [0.05, 0.1) is 11.4 Å². The number of para-hydroxylation sites is 1. The summed E-state index contributed by atoms with van der Waals surface area (Å²) < 4.78 is 7.31. The van der Waals surface area contributed by atoms with Gasteiger partial charge in [0.15, 0.2) is 17.5 Å². The largest absolute Gasteiger partial charge is 0.421 e. The highest BCUT2D eigenvalue weighted by atomic mass is 16.4. The summed E-state index contributed by atoms with van der Waals surface area (Å²) in [6.45, 7) is 18.0. The molecule has 0 atom stereocenters. The lowest BCUT2D eigenvalue weighted by atomic mass is 10.0. The van der Waals surface area contributed by atoms with Crippen LogP contribution in [0.25, 0.3) is 84.9 Å². The molecule has 8 aromatic carbocycles. The zero-order chi connectivity index (χ0) is 59.5. The van der Waals surface area contributed by atoms with Gasteiger partial charge in [-0.15, -0.1) is 20.4 Å². The van der Waals surface area contributed by atoms with Gasteiger partial charge in [0.2, 0.25) is 11.8 Å². The van der Waals surface area contributed by atoms with Gasteiger partial charge >= 0.3 is 0 Å². The highest BCUT2D eigenvalue weighted by Gasteiger charge is 2.13. The first-order valence-corrected chi connectivity index (χ1v) is 28.0. The topological polar surface area (TPSA) is 147 Å².